The van der Waals surface area contributed by atoms with Crippen molar-refractivity contribution in [2.24, 2.45) is 12.0 Å². The van der Waals surface area contributed by atoms with Crippen LogP contribution in [0.1, 0.15) is 41.0 Å². The van der Waals surface area contributed by atoms with Crippen LogP contribution in [0.15, 0.2) is 35.5 Å². The maximum absolute atomic E-state index is 12.1. The molecule has 2 amide bonds. The lowest BCUT2D eigenvalue weighted by Crippen LogP contribution is -2.28. The van der Waals surface area contributed by atoms with Crippen LogP contribution in [0.2, 0.25) is 0 Å². The van der Waals surface area contributed by atoms with Crippen LogP contribution in [0.3, 0.4) is 0 Å². The first-order chi connectivity index (χ1) is 15.8. The molecule has 33 heavy (non-hydrogen) atoms. The topological polar surface area (TPSA) is 106 Å². The number of nitrogens with zero attached hydrogens (tertiary/aromatic N) is 4. The summed E-state index contributed by atoms with van der Waals surface area (Å²) in [6, 6.07) is 3.80. The number of nitrogens with one attached hydrogen (secondary N) is 1. The fourth-order valence-corrected chi connectivity index (χ4v) is 3.66. The Labute approximate surface area is 193 Å². The molecule has 1 aliphatic heterocycles. The summed E-state index contributed by atoms with van der Waals surface area (Å²) in [4.78, 5) is 44.5. The molecule has 9 heteroatoms. The molecule has 1 unspecified atom stereocenters. The van der Waals surface area contributed by atoms with Crippen molar-refractivity contribution in [2.45, 2.75) is 39.2 Å². The zero-order chi connectivity index (χ0) is 24.0. The molecule has 0 bridgehead atoms. The normalized spacial score (nSPS) is 15.8. The Kier molecular flexibility index (Phi) is 7.76. The molecule has 9 nitrogen and oxygen atoms in total. The molecule has 0 spiro atoms. The van der Waals surface area contributed by atoms with Gasteiger partial charge in [0, 0.05) is 38.5 Å². The molecule has 0 aliphatic carbocycles. The number of amides is 2. The van der Waals surface area contributed by atoms with E-state index >= 15 is 0 Å². The number of hydrogen-bond donors (Lipinski definition) is 1. The Balaban J connectivity index is 1.53. The zero-order valence-corrected chi connectivity index (χ0v) is 19.2. The number of aryl methyl sites for hydroxylation is 3. The number of carbonyl (C=O) groups excluding carboxylic acids is 3. The van der Waals surface area contributed by atoms with Gasteiger partial charge in [-0.3, -0.25) is 19.4 Å². The molecule has 1 aromatic heterocycles. The second-order valence-electron chi connectivity index (χ2n) is 8.19. The van der Waals surface area contributed by atoms with E-state index in [0.29, 0.717) is 43.8 Å². The third-order valence-corrected chi connectivity index (χ3v) is 5.44. The highest BCUT2D eigenvalue weighted by molar-refractivity contribution is 5.90. The number of aromatic nitrogens is 2. The Morgan fingerprint density at radius 3 is 2.82 bits per heavy atom. The Hall–Kier alpha value is -3.75. The minimum absolute atomic E-state index is 0.0831. The fraction of sp³-hybridized carbons (Fsp3) is 0.375. The van der Waals surface area contributed by atoms with Gasteiger partial charge in [-0.1, -0.05) is 18.2 Å². The third kappa shape index (κ3) is 6.15. The Morgan fingerprint density at radius 2 is 2.12 bits per heavy atom. The van der Waals surface area contributed by atoms with Crippen molar-refractivity contribution in [3.63, 3.8) is 0 Å². The highest BCUT2D eigenvalue weighted by atomic mass is 16.5. The molecule has 174 valence electrons. The van der Waals surface area contributed by atoms with E-state index in [4.69, 9.17) is 4.74 Å². The number of ether oxygens (including phenoxy) is 1. The summed E-state index contributed by atoms with van der Waals surface area (Å²) in [6.45, 7) is 8.83. The molecule has 0 radical (unpaired) electrons. The van der Waals surface area contributed by atoms with Crippen molar-refractivity contribution < 1.29 is 19.1 Å². The first-order valence-corrected chi connectivity index (χ1v) is 10.7. The van der Waals surface area contributed by atoms with Crippen molar-refractivity contribution in [3.05, 3.63) is 47.4 Å². The average Bonchev–Trinajstić information content (AvgIpc) is 3.32. The summed E-state index contributed by atoms with van der Waals surface area (Å²) < 4.78 is 7.45. The average molecular weight is 452 g/mol. The van der Waals surface area contributed by atoms with Crippen molar-refractivity contribution in [3.8, 4) is 5.75 Å². The van der Waals surface area contributed by atoms with E-state index in [2.05, 4.69) is 21.9 Å². The molecular formula is C24H29N5O4. The summed E-state index contributed by atoms with van der Waals surface area (Å²) in [5.74, 6) is 1.11. The Morgan fingerprint density at radius 1 is 1.33 bits per heavy atom. The van der Waals surface area contributed by atoms with Crippen LogP contribution < -0.4 is 10.1 Å². The van der Waals surface area contributed by atoms with E-state index in [1.54, 1.807) is 28.9 Å². The predicted molar refractivity (Wildman–Crippen MR) is 126 cm³/mol. The quantitative estimate of drug-likeness (QED) is 0.259. The zero-order valence-electron chi connectivity index (χ0n) is 19.2. The molecule has 1 N–H and O–H groups in total. The minimum atomic E-state index is -0.196. The van der Waals surface area contributed by atoms with Gasteiger partial charge in [0.1, 0.15) is 5.75 Å². The van der Waals surface area contributed by atoms with Crippen molar-refractivity contribution in [1.29, 1.82) is 0 Å². The number of anilines is 1. The first kappa shape index (κ1) is 23.9. The van der Waals surface area contributed by atoms with E-state index in [1.807, 2.05) is 26.0 Å². The highest BCUT2D eigenvalue weighted by Crippen LogP contribution is 2.29. The number of hydrogen-bond acceptors (Lipinski definition) is 6. The number of aldehydes is 1. The van der Waals surface area contributed by atoms with Gasteiger partial charge in [-0.15, -0.1) is 0 Å². The largest absolute Gasteiger partial charge is 0.493 e. The molecule has 1 aliphatic rings. The number of imidazole rings is 1. The lowest BCUT2D eigenvalue weighted by molar-refractivity contribution is -0.118. The summed E-state index contributed by atoms with van der Waals surface area (Å²) >= 11 is 0. The van der Waals surface area contributed by atoms with Gasteiger partial charge in [-0.2, -0.15) is 0 Å². The summed E-state index contributed by atoms with van der Waals surface area (Å²) in [5, 5.41) is 2.68. The maximum Gasteiger partial charge on any atom is 0.225 e. The van der Waals surface area contributed by atoms with Gasteiger partial charge in [0.2, 0.25) is 12.3 Å². The van der Waals surface area contributed by atoms with E-state index < -0.39 is 0 Å². The summed E-state index contributed by atoms with van der Waals surface area (Å²) in [7, 11) is 1.69. The maximum atomic E-state index is 12.1. The number of likely N-dealkylation sites (tertiary alicyclic amines) is 1. The lowest BCUT2D eigenvalue weighted by atomic mass is 10.1. The molecule has 2 aromatic rings. The van der Waals surface area contributed by atoms with Gasteiger partial charge in [0.15, 0.2) is 17.9 Å². The van der Waals surface area contributed by atoms with E-state index in [9.17, 15) is 14.4 Å². The van der Waals surface area contributed by atoms with Crippen molar-refractivity contribution in [2.75, 3.05) is 18.5 Å². The standard InChI is InChI=1S/C24H29N5O4/c1-16-8-19(29(12-16)15-31)11-25-20-10-21(18(3)9-17(20)2)33-7-5-6-24(32)27-22-13-28(4)23(14-30)26-22/h9-11,13-15,19H,1,5-8,12H2,2-4H3,(H,27,32)/b25-11-. The molecule has 0 saturated carbocycles. The van der Waals surface area contributed by atoms with Crippen LogP contribution in [0.4, 0.5) is 11.5 Å². The van der Waals surface area contributed by atoms with E-state index in [0.717, 1.165) is 28.8 Å². The van der Waals surface area contributed by atoms with Crippen molar-refractivity contribution in [1.82, 2.24) is 14.5 Å². The Bertz CT molecular complexity index is 1090. The molecule has 1 saturated heterocycles. The third-order valence-electron chi connectivity index (χ3n) is 5.44. The van der Waals surface area contributed by atoms with Crippen LogP contribution in [0.5, 0.6) is 5.75 Å². The van der Waals surface area contributed by atoms with Gasteiger partial charge in [0.05, 0.1) is 18.3 Å². The molecule has 1 fully saturated rings. The SMILES string of the molecule is C=C1CC(/C=N\c2cc(OCCCC(=O)Nc3cn(C)c(C=O)n3)c(C)cc2C)N(C=O)C1. The van der Waals surface area contributed by atoms with Crippen LogP contribution in [-0.2, 0) is 16.6 Å². The van der Waals surface area contributed by atoms with E-state index in [1.165, 1.54) is 0 Å². The molecule has 1 atom stereocenters. The molecule has 2 heterocycles. The van der Waals surface area contributed by atoms with Crippen molar-refractivity contribution >= 4 is 36.3 Å². The second-order valence-corrected chi connectivity index (χ2v) is 8.19. The van der Waals surface area contributed by atoms with Crippen LogP contribution >= 0.6 is 0 Å². The van der Waals surface area contributed by atoms with Crippen LogP contribution in [0.25, 0.3) is 0 Å². The fourth-order valence-electron chi connectivity index (χ4n) is 3.66. The van der Waals surface area contributed by atoms with Crippen LogP contribution in [-0.4, -0.2) is 58.5 Å². The number of rotatable bonds is 10. The number of aliphatic imine (C=N–C) groups is 1. The number of carbonyl (C=O) groups is 3. The summed E-state index contributed by atoms with van der Waals surface area (Å²) in [5.41, 5.74) is 3.78. The van der Waals surface area contributed by atoms with E-state index in [-0.39, 0.29) is 24.2 Å². The summed E-state index contributed by atoms with van der Waals surface area (Å²) in [6.07, 6.45) is 6.33. The van der Waals surface area contributed by atoms with Gasteiger partial charge in [0.25, 0.3) is 0 Å². The van der Waals surface area contributed by atoms with Gasteiger partial charge < -0.3 is 19.5 Å². The predicted octanol–water partition coefficient (Wildman–Crippen LogP) is 3.14. The smallest absolute Gasteiger partial charge is 0.225 e. The minimum Gasteiger partial charge on any atom is -0.493 e. The second kappa shape index (κ2) is 10.7. The van der Waals surface area contributed by atoms with Gasteiger partial charge in [-0.25, -0.2) is 4.98 Å². The monoisotopic (exact) mass is 451 g/mol. The molecular weight excluding hydrogens is 422 g/mol. The molecule has 3 rings (SSSR count). The molecule has 1 aromatic carbocycles. The van der Waals surface area contributed by atoms with Gasteiger partial charge in [-0.05, 0) is 37.8 Å². The van der Waals surface area contributed by atoms with Crippen LogP contribution in [0, 0.1) is 13.8 Å². The lowest BCUT2D eigenvalue weighted by Gasteiger charge is -2.15. The first-order valence-electron chi connectivity index (χ1n) is 10.7. The highest BCUT2D eigenvalue weighted by Gasteiger charge is 2.24. The number of benzene rings is 1. The van der Waals surface area contributed by atoms with Gasteiger partial charge >= 0.3 is 0 Å².